The molecule has 2 heterocycles. The van der Waals surface area contributed by atoms with E-state index in [4.69, 9.17) is 14.2 Å². The number of ketones is 1. The average Bonchev–Trinajstić information content (AvgIpc) is 2.88. The number of carbonyl (C=O) groups is 1. The summed E-state index contributed by atoms with van der Waals surface area (Å²) in [6.07, 6.45) is 10.3. The van der Waals surface area contributed by atoms with Crippen molar-refractivity contribution in [2.24, 2.45) is 17.3 Å². The molecule has 0 aromatic rings. The van der Waals surface area contributed by atoms with Gasteiger partial charge < -0.3 is 14.2 Å². The van der Waals surface area contributed by atoms with E-state index in [0.29, 0.717) is 17.6 Å². The molecule has 0 amide bonds. The highest BCUT2D eigenvalue weighted by molar-refractivity contribution is 5.87. The van der Waals surface area contributed by atoms with Crippen molar-refractivity contribution in [2.45, 2.75) is 75.3 Å². The summed E-state index contributed by atoms with van der Waals surface area (Å²) in [5.74, 6) is 1.21. The minimum absolute atomic E-state index is 0.0473. The first kappa shape index (κ1) is 14.5. The van der Waals surface area contributed by atoms with E-state index in [2.05, 4.69) is 13.0 Å². The van der Waals surface area contributed by atoms with E-state index >= 15 is 0 Å². The minimum Gasteiger partial charge on any atom is -0.358 e. The van der Waals surface area contributed by atoms with E-state index in [-0.39, 0.29) is 22.4 Å². The molecule has 4 heteroatoms. The zero-order chi connectivity index (χ0) is 16.2. The second-order valence-electron chi connectivity index (χ2n) is 9.20. The van der Waals surface area contributed by atoms with E-state index in [1.165, 1.54) is 0 Å². The normalized spacial score (nSPS) is 53.9. The number of Topliss-reactive ketones (excluding diaryl/α,β-unsaturated/α-hetero) is 1. The molecular weight excluding hydrogens is 304 g/mol. The largest absolute Gasteiger partial charge is 0.358 e. The molecule has 6 aliphatic rings. The highest BCUT2D eigenvalue weighted by Gasteiger charge is 2.79. The van der Waals surface area contributed by atoms with E-state index in [1.807, 2.05) is 0 Å². The lowest BCUT2D eigenvalue weighted by Crippen LogP contribution is -2.51. The second-order valence-corrected chi connectivity index (χ2v) is 9.20. The second kappa shape index (κ2) is 4.16. The maximum Gasteiger partial charge on any atom is 0.171 e. The lowest BCUT2D eigenvalue weighted by molar-refractivity contribution is -0.185. The number of ether oxygens (including phenoxy) is 3. The molecule has 130 valence electrons. The molecule has 4 aliphatic carbocycles. The summed E-state index contributed by atoms with van der Waals surface area (Å²) in [5, 5.41) is 0. The van der Waals surface area contributed by atoms with Crippen LogP contribution >= 0.6 is 0 Å². The molecule has 4 nitrogen and oxygen atoms in total. The summed E-state index contributed by atoms with van der Waals surface area (Å²) in [5.41, 5.74) is 1.34. The Morgan fingerprint density at radius 1 is 1.12 bits per heavy atom. The number of allylic oxidation sites excluding steroid dienone is 1. The molecule has 24 heavy (non-hydrogen) atoms. The van der Waals surface area contributed by atoms with Gasteiger partial charge in [-0.15, -0.1) is 0 Å². The molecule has 0 aromatic carbocycles. The molecule has 0 radical (unpaired) electrons. The van der Waals surface area contributed by atoms with Crippen LogP contribution in [0.1, 0.15) is 58.3 Å². The van der Waals surface area contributed by atoms with Crippen LogP contribution in [0.4, 0.5) is 0 Å². The molecular formula is C20H26O4. The number of carbonyl (C=O) groups excluding carboxylic acids is 1. The van der Waals surface area contributed by atoms with Crippen LogP contribution in [0.3, 0.4) is 0 Å². The van der Waals surface area contributed by atoms with Crippen LogP contribution in [0.2, 0.25) is 0 Å². The molecule has 6 rings (SSSR count). The Bertz CT molecular complexity index is 663. The quantitative estimate of drug-likeness (QED) is 0.506. The van der Waals surface area contributed by atoms with Gasteiger partial charge in [-0.1, -0.05) is 13.0 Å². The molecule has 0 N–H and O–H groups in total. The summed E-state index contributed by atoms with van der Waals surface area (Å²) in [7, 11) is 0. The highest BCUT2D eigenvalue weighted by atomic mass is 16.7. The third kappa shape index (κ3) is 1.47. The molecule has 5 fully saturated rings. The number of hydrogen-bond acceptors (Lipinski definition) is 4. The van der Waals surface area contributed by atoms with Gasteiger partial charge >= 0.3 is 0 Å². The van der Waals surface area contributed by atoms with E-state index in [0.717, 1.165) is 64.6 Å². The van der Waals surface area contributed by atoms with Crippen molar-refractivity contribution in [3.05, 3.63) is 11.6 Å². The fourth-order valence-corrected chi connectivity index (χ4v) is 7.11. The Balaban J connectivity index is 1.37. The number of hydrogen-bond donors (Lipinski definition) is 0. The van der Waals surface area contributed by atoms with Crippen LogP contribution in [-0.4, -0.2) is 36.0 Å². The predicted molar refractivity (Wildman–Crippen MR) is 86.3 cm³/mol. The van der Waals surface area contributed by atoms with Gasteiger partial charge in [0.05, 0.1) is 13.2 Å². The first-order chi connectivity index (χ1) is 11.5. The Morgan fingerprint density at radius 3 is 2.79 bits per heavy atom. The van der Waals surface area contributed by atoms with Crippen LogP contribution in [0.15, 0.2) is 11.6 Å². The Kier molecular flexibility index (Phi) is 2.51. The number of epoxide rings is 1. The topological polar surface area (TPSA) is 48.1 Å². The van der Waals surface area contributed by atoms with Crippen LogP contribution in [0.25, 0.3) is 0 Å². The standard InChI is InChI=1S/C20H26O4/c1-17-6-5-15-13(14(17)2-3-16(17)21)4-7-18-12-19(22-10-11-23-19)8-9-20(15,18)24-18/h5,13-14H,2-4,6-12H2,1H3/t13-,14-,17-,18+,20+/m0/s1. The fourth-order valence-electron chi connectivity index (χ4n) is 7.11. The van der Waals surface area contributed by atoms with Crippen molar-refractivity contribution in [1.82, 2.24) is 0 Å². The van der Waals surface area contributed by atoms with E-state index in [1.54, 1.807) is 5.57 Å². The van der Waals surface area contributed by atoms with Gasteiger partial charge in [-0.2, -0.15) is 0 Å². The van der Waals surface area contributed by atoms with E-state index < -0.39 is 0 Å². The molecule has 2 saturated heterocycles. The Morgan fingerprint density at radius 2 is 1.96 bits per heavy atom. The van der Waals surface area contributed by atoms with Crippen molar-refractivity contribution < 1.29 is 19.0 Å². The maximum absolute atomic E-state index is 12.5. The first-order valence-corrected chi connectivity index (χ1v) is 9.75. The van der Waals surface area contributed by atoms with Crippen molar-refractivity contribution in [3.63, 3.8) is 0 Å². The smallest absolute Gasteiger partial charge is 0.171 e. The third-order valence-electron chi connectivity index (χ3n) is 8.38. The molecule has 5 atom stereocenters. The van der Waals surface area contributed by atoms with Crippen LogP contribution in [0, 0.1) is 17.3 Å². The Hall–Kier alpha value is -0.710. The fraction of sp³-hybridized carbons (Fsp3) is 0.850. The van der Waals surface area contributed by atoms with Gasteiger partial charge in [-0.25, -0.2) is 0 Å². The number of fused-ring (bicyclic) bond motifs is 3. The molecule has 0 aromatic heterocycles. The van der Waals surface area contributed by atoms with Gasteiger partial charge in [0, 0.05) is 24.7 Å². The number of rotatable bonds is 0. The van der Waals surface area contributed by atoms with Crippen LogP contribution in [0.5, 0.6) is 0 Å². The summed E-state index contributed by atoms with van der Waals surface area (Å²) in [6.45, 7) is 3.65. The molecule has 2 aliphatic heterocycles. The van der Waals surface area contributed by atoms with Crippen LogP contribution in [-0.2, 0) is 19.0 Å². The predicted octanol–water partition coefficient (Wildman–Crippen LogP) is 3.15. The highest BCUT2D eigenvalue weighted by Crippen LogP contribution is 2.73. The summed E-state index contributed by atoms with van der Waals surface area (Å²) < 4.78 is 18.5. The summed E-state index contributed by atoms with van der Waals surface area (Å²) in [4.78, 5) is 12.5. The summed E-state index contributed by atoms with van der Waals surface area (Å²) >= 11 is 0. The maximum atomic E-state index is 12.5. The van der Waals surface area contributed by atoms with Gasteiger partial charge in [-0.05, 0) is 49.5 Å². The van der Waals surface area contributed by atoms with Gasteiger partial charge in [0.15, 0.2) is 5.79 Å². The van der Waals surface area contributed by atoms with Crippen molar-refractivity contribution in [1.29, 1.82) is 0 Å². The Labute approximate surface area is 142 Å². The van der Waals surface area contributed by atoms with Crippen molar-refractivity contribution in [2.75, 3.05) is 13.2 Å². The summed E-state index contributed by atoms with van der Waals surface area (Å²) in [6, 6.07) is 0. The van der Waals surface area contributed by atoms with Gasteiger partial charge in [0.1, 0.15) is 17.0 Å². The minimum atomic E-state index is -0.375. The molecule has 0 bridgehead atoms. The van der Waals surface area contributed by atoms with Crippen molar-refractivity contribution >= 4 is 5.78 Å². The van der Waals surface area contributed by atoms with E-state index in [9.17, 15) is 4.79 Å². The van der Waals surface area contributed by atoms with Crippen LogP contribution < -0.4 is 0 Å². The monoisotopic (exact) mass is 330 g/mol. The van der Waals surface area contributed by atoms with Gasteiger partial charge in [0.2, 0.25) is 0 Å². The van der Waals surface area contributed by atoms with Gasteiger partial charge in [-0.3, -0.25) is 4.79 Å². The lowest BCUT2D eigenvalue weighted by Gasteiger charge is -2.48. The zero-order valence-corrected chi connectivity index (χ0v) is 14.4. The first-order valence-electron chi connectivity index (χ1n) is 9.75. The molecule has 3 saturated carbocycles. The average molecular weight is 330 g/mol. The lowest BCUT2D eigenvalue weighted by atomic mass is 9.54. The zero-order valence-electron chi connectivity index (χ0n) is 14.4. The molecule has 1 spiro atoms. The SMILES string of the molecule is C[C@]12CC=C3[C@@H](CC[C@@]45CC6(CC[C@@]34O5)OCCO6)[C@@H]1CCC2=O. The van der Waals surface area contributed by atoms with Gasteiger partial charge in [0.25, 0.3) is 0 Å². The third-order valence-corrected chi connectivity index (χ3v) is 8.38. The molecule has 0 unspecified atom stereocenters. The van der Waals surface area contributed by atoms with Crippen molar-refractivity contribution in [3.8, 4) is 0 Å².